The van der Waals surface area contributed by atoms with Crippen LogP contribution in [-0.2, 0) is 19.1 Å². The van der Waals surface area contributed by atoms with E-state index in [1.54, 1.807) is 19.1 Å². The molecule has 2 heterocycles. The van der Waals surface area contributed by atoms with E-state index in [4.69, 9.17) is 4.74 Å². The van der Waals surface area contributed by atoms with Crippen LogP contribution < -0.4 is 4.90 Å². The Balaban J connectivity index is 2.28. The van der Waals surface area contributed by atoms with Crippen molar-refractivity contribution in [3.8, 4) is 0 Å². The fourth-order valence-electron chi connectivity index (χ4n) is 2.22. The van der Waals surface area contributed by atoms with Crippen LogP contribution in [0.4, 0.5) is 5.82 Å². The molecule has 0 bridgehead atoms. The van der Waals surface area contributed by atoms with E-state index in [1.807, 2.05) is 0 Å². The molecule has 1 aliphatic rings. The lowest BCUT2D eigenvalue weighted by molar-refractivity contribution is -0.145. The zero-order valence-electron chi connectivity index (χ0n) is 11.9. The Morgan fingerprint density at radius 3 is 2.90 bits per heavy atom. The Hall–Kier alpha value is -2.44. The SMILES string of the molecule is CCOC(=O)c1cccnc1N1CC(C(=O)OC)CC1=O. The van der Waals surface area contributed by atoms with Gasteiger partial charge < -0.3 is 9.47 Å². The molecule has 0 aliphatic carbocycles. The molecular formula is C14H16N2O5. The molecule has 0 spiro atoms. The lowest BCUT2D eigenvalue weighted by Gasteiger charge is -2.17. The van der Waals surface area contributed by atoms with Crippen LogP contribution in [0, 0.1) is 5.92 Å². The summed E-state index contributed by atoms with van der Waals surface area (Å²) in [4.78, 5) is 40.9. The van der Waals surface area contributed by atoms with Crippen LogP contribution in [0.15, 0.2) is 18.3 Å². The number of rotatable bonds is 4. The quantitative estimate of drug-likeness (QED) is 0.762. The van der Waals surface area contributed by atoms with Crippen molar-refractivity contribution in [1.29, 1.82) is 0 Å². The Labute approximate surface area is 121 Å². The maximum Gasteiger partial charge on any atom is 0.341 e. The average molecular weight is 292 g/mol. The summed E-state index contributed by atoms with van der Waals surface area (Å²) >= 11 is 0. The maximum atomic E-state index is 12.1. The first kappa shape index (κ1) is 15.0. The largest absolute Gasteiger partial charge is 0.469 e. The molecule has 1 aliphatic heterocycles. The summed E-state index contributed by atoms with van der Waals surface area (Å²) in [6.07, 6.45) is 1.53. The van der Waals surface area contributed by atoms with Gasteiger partial charge >= 0.3 is 11.9 Å². The fraction of sp³-hybridized carbons (Fsp3) is 0.429. The molecule has 1 saturated heterocycles. The number of pyridine rings is 1. The fourth-order valence-corrected chi connectivity index (χ4v) is 2.22. The topological polar surface area (TPSA) is 85.8 Å². The van der Waals surface area contributed by atoms with E-state index in [9.17, 15) is 14.4 Å². The van der Waals surface area contributed by atoms with Gasteiger partial charge in [0.25, 0.3) is 0 Å². The summed E-state index contributed by atoms with van der Waals surface area (Å²) in [7, 11) is 1.28. The molecule has 1 amide bonds. The Bertz CT molecular complexity index is 572. The monoisotopic (exact) mass is 292 g/mol. The van der Waals surface area contributed by atoms with Crippen molar-refractivity contribution in [2.45, 2.75) is 13.3 Å². The molecule has 7 heteroatoms. The Morgan fingerprint density at radius 1 is 1.48 bits per heavy atom. The molecule has 1 aromatic rings. The third kappa shape index (κ3) is 3.01. The van der Waals surface area contributed by atoms with Gasteiger partial charge in [0, 0.05) is 19.2 Å². The first-order valence-electron chi connectivity index (χ1n) is 6.58. The number of aromatic nitrogens is 1. The van der Waals surface area contributed by atoms with Gasteiger partial charge in [-0.25, -0.2) is 9.78 Å². The number of nitrogens with zero attached hydrogens (tertiary/aromatic N) is 2. The van der Waals surface area contributed by atoms with E-state index in [0.29, 0.717) is 0 Å². The van der Waals surface area contributed by atoms with E-state index < -0.39 is 17.9 Å². The highest BCUT2D eigenvalue weighted by Crippen LogP contribution is 2.27. The van der Waals surface area contributed by atoms with Crippen molar-refractivity contribution in [2.75, 3.05) is 25.2 Å². The third-order valence-corrected chi connectivity index (χ3v) is 3.20. The summed E-state index contributed by atoms with van der Waals surface area (Å²) in [6.45, 7) is 2.07. The minimum atomic E-state index is -0.546. The second-order valence-electron chi connectivity index (χ2n) is 4.52. The van der Waals surface area contributed by atoms with Crippen LogP contribution in [0.1, 0.15) is 23.7 Å². The molecule has 1 fully saturated rings. The standard InChI is InChI=1S/C14H16N2O5/c1-3-21-14(19)10-5-4-6-15-12(10)16-8-9(7-11(16)17)13(18)20-2/h4-6,9H,3,7-8H2,1-2H3. The van der Waals surface area contributed by atoms with Crippen molar-refractivity contribution in [2.24, 2.45) is 5.92 Å². The molecule has 7 nitrogen and oxygen atoms in total. The van der Waals surface area contributed by atoms with Gasteiger partial charge in [0.2, 0.25) is 5.91 Å². The molecule has 0 N–H and O–H groups in total. The predicted octanol–water partition coefficient (Wildman–Crippen LogP) is 0.784. The summed E-state index contributed by atoms with van der Waals surface area (Å²) in [5.41, 5.74) is 0.207. The molecule has 1 aromatic heterocycles. The normalized spacial score (nSPS) is 17.7. The van der Waals surface area contributed by atoms with Crippen LogP contribution in [0.5, 0.6) is 0 Å². The van der Waals surface area contributed by atoms with Gasteiger partial charge in [0.1, 0.15) is 11.4 Å². The van der Waals surface area contributed by atoms with Gasteiger partial charge in [-0.1, -0.05) is 0 Å². The van der Waals surface area contributed by atoms with Crippen LogP contribution in [0.25, 0.3) is 0 Å². The average Bonchev–Trinajstić information content (AvgIpc) is 2.88. The number of anilines is 1. The zero-order valence-corrected chi connectivity index (χ0v) is 11.9. The molecule has 112 valence electrons. The molecule has 1 atom stereocenters. The van der Waals surface area contributed by atoms with Gasteiger partial charge in [-0.2, -0.15) is 0 Å². The summed E-state index contributed by atoms with van der Waals surface area (Å²) in [5.74, 6) is -1.59. The summed E-state index contributed by atoms with van der Waals surface area (Å²) < 4.78 is 9.60. The minimum absolute atomic E-state index is 0.0471. The molecule has 0 radical (unpaired) electrons. The molecule has 21 heavy (non-hydrogen) atoms. The Morgan fingerprint density at radius 2 is 2.24 bits per heavy atom. The van der Waals surface area contributed by atoms with Gasteiger partial charge in [-0.05, 0) is 19.1 Å². The second kappa shape index (κ2) is 6.34. The minimum Gasteiger partial charge on any atom is -0.469 e. The van der Waals surface area contributed by atoms with Crippen LogP contribution >= 0.6 is 0 Å². The number of amides is 1. The van der Waals surface area contributed by atoms with Gasteiger partial charge in [0.05, 0.1) is 19.6 Å². The van der Waals surface area contributed by atoms with E-state index in [-0.39, 0.29) is 36.9 Å². The van der Waals surface area contributed by atoms with Crippen LogP contribution in [0.2, 0.25) is 0 Å². The number of hydrogen-bond acceptors (Lipinski definition) is 6. The summed E-state index contributed by atoms with van der Waals surface area (Å²) in [6, 6.07) is 3.13. The lowest BCUT2D eigenvalue weighted by Crippen LogP contribution is -2.29. The predicted molar refractivity (Wildman–Crippen MR) is 72.7 cm³/mol. The maximum absolute atomic E-state index is 12.1. The smallest absolute Gasteiger partial charge is 0.341 e. The highest BCUT2D eigenvalue weighted by atomic mass is 16.5. The first-order valence-corrected chi connectivity index (χ1v) is 6.58. The Kier molecular flexibility index (Phi) is 4.52. The van der Waals surface area contributed by atoms with E-state index in [2.05, 4.69) is 9.72 Å². The van der Waals surface area contributed by atoms with Crippen LogP contribution in [0.3, 0.4) is 0 Å². The molecule has 2 rings (SSSR count). The number of carbonyl (C=O) groups excluding carboxylic acids is 3. The van der Waals surface area contributed by atoms with Crippen molar-refractivity contribution in [3.63, 3.8) is 0 Å². The second-order valence-corrected chi connectivity index (χ2v) is 4.52. The molecule has 1 unspecified atom stereocenters. The zero-order chi connectivity index (χ0) is 15.4. The summed E-state index contributed by atoms with van der Waals surface area (Å²) in [5, 5.41) is 0. The van der Waals surface area contributed by atoms with Crippen LogP contribution in [-0.4, -0.2) is 43.1 Å². The number of carbonyl (C=O) groups is 3. The third-order valence-electron chi connectivity index (χ3n) is 3.20. The van der Waals surface area contributed by atoms with Crippen molar-refractivity contribution in [3.05, 3.63) is 23.9 Å². The lowest BCUT2D eigenvalue weighted by atomic mass is 10.1. The highest BCUT2D eigenvalue weighted by Gasteiger charge is 2.38. The van der Waals surface area contributed by atoms with E-state index in [1.165, 1.54) is 18.2 Å². The van der Waals surface area contributed by atoms with Gasteiger partial charge in [-0.15, -0.1) is 0 Å². The van der Waals surface area contributed by atoms with Gasteiger partial charge in [-0.3, -0.25) is 14.5 Å². The molecule has 0 saturated carbocycles. The number of hydrogen-bond donors (Lipinski definition) is 0. The highest BCUT2D eigenvalue weighted by molar-refractivity contribution is 6.04. The first-order chi connectivity index (χ1) is 10.1. The van der Waals surface area contributed by atoms with E-state index in [0.717, 1.165) is 0 Å². The van der Waals surface area contributed by atoms with Crippen molar-refractivity contribution >= 4 is 23.7 Å². The van der Waals surface area contributed by atoms with Crippen molar-refractivity contribution in [1.82, 2.24) is 4.98 Å². The van der Waals surface area contributed by atoms with E-state index >= 15 is 0 Å². The van der Waals surface area contributed by atoms with Crippen molar-refractivity contribution < 1.29 is 23.9 Å². The van der Waals surface area contributed by atoms with Gasteiger partial charge in [0.15, 0.2) is 0 Å². The molecular weight excluding hydrogens is 276 g/mol. The molecule has 0 aromatic carbocycles. The number of methoxy groups -OCH3 is 1. The number of ether oxygens (including phenoxy) is 2. The number of esters is 2.